The lowest BCUT2D eigenvalue weighted by molar-refractivity contribution is -0.116. The number of unbranched alkanes of at least 4 members (excludes halogenated alkanes) is 1. The minimum Gasteiger partial charge on any atom is -0.352 e. The average Bonchev–Trinajstić information content (AvgIpc) is 3.09. The Morgan fingerprint density at radius 3 is 2.56 bits per heavy atom. The molecule has 0 aliphatic carbocycles. The van der Waals surface area contributed by atoms with Gasteiger partial charge in [0.2, 0.25) is 5.91 Å². The molecule has 1 heterocycles. The SMILES string of the molecule is CCNC(=O)c1ccc(NC(=O)CCCCc2nc3ccccc3s2)cc1. The zero-order chi connectivity index (χ0) is 19.1. The molecule has 2 aromatic carbocycles. The van der Waals surface area contributed by atoms with Crippen LogP contribution < -0.4 is 10.6 Å². The van der Waals surface area contributed by atoms with Crippen LogP contribution in [0.1, 0.15) is 41.6 Å². The molecule has 0 saturated carbocycles. The molecule has 1 aromatic heterocycles. The Morgan fingerprint density at radius 2 is 1.81 bits per heavy atom. The summed E-state index contributed by atoms with van der Waals surface area (Å²) in [5.41, 5.74) is 2.34. The third-order valence-electron chi connectivity index (χ3n) is 4.15. The van der Waals surface area contributed by atoms with Gasteiger partial charge in [-0.25, -0.2) is 4.98 Å². The first-order chi connectivity index (χ1) is 13.2. The lowest BCUT2D eigenvalue weighted by Crippen LogP contribution is -2.22. The minimum atomic E-state index is -0.106. The van der Waals surface area contributed by atoms with Gasteiger partial charge in [-0.3, -0.25) is 9.59 Å². The van der Waals surface area contributed by atoms with Crippen molar-refractivity contribution >= 4 is 39.1 Å². The van der Waals surface area contributed by atoms with Gasteiger partial charge in [0.1, 0.15) is 0 Å². The summed E-state index contributed by atoms with van der Waals surface area (Å²) in [5.74, 6) is -0.115. The van der Waals surface area contributed by atoms with E-state index in [2.05, 4.69) is 21.7 Å². The number of anilines is 1. The van der Waals surface area contributed by atoms with Gasteiger partial charge in [0.15, 0.2) is 0 Å². The van der Waals surface area contributed by atoms with E-state index in [9.17, 15) is 9.59 Å². The predicted octanol–water partition coefficient (Wildman–Crippen LogP) is 4.40. The number of amides is 2. The molecule has 0 atom stereocenters. The number of rotatable bonds is 8. The minimum absolute atomic E-state index is 0.00920. The summed E-state index contributed by atoms with van der Waals surface area (Å²) in [7, 11) is 0. The number of benzene rings is 2. The molecule has 27 heavy (non-hydrogen) atoms. The van der Waals surface area contributed by atoms with Gasteiger partial charge in [-0.2, -0.15) is 0 Å². The molecule has 0 spiro atoms. The first-order valence-electron chi connectivity index (χ1n) is 9.18. The van der Waals surface area contributed by atoms with Crippen molar-refractivity contribution in [1.82, 2.24) is 10.3 Å². The van der Waals surface area contributed by atoms with Crippen molar-refractivity contribution in [2.45, 2.75) is 32.6 Å². The fraction of sp³-hybridized carbons (Fsp3) is 0.286. The number of thiazole rings is 1. The molecule has 140 valence electrons. The standard InChI is InChI=1S/C21H23N3O2S/c1-2-22-21(26)15-11-13-16(14-12-15)23-19(25)9-5-6-10-20-24-17-7-3-4-8-18(17)27-20/h3-4,7-8,11-14H,2,5-6,9-10H2,1H3,(H,22,26)(H,23,25). The Balaban J connectivity index is 1.41. The number of aromatic nitrogens is 1. The highest BCUT2D eigenvalue weighted by Gasteiger charge is 2.07. The van der Waals surface area contributed by atoms with E-state index in [1.54, 1.807) is 35.6 Å². The van der Waals surface area contributed by atoms with Crippen molar-refractivity contribution in [3.63, 3.8) is 0 Å². The number of hydrogen-bond acceptors (Lipinski definition) is 4. The highest BCUT2D eigenvalue weighted by molar-refractivity contribution is 7.18. The summed E-state index contributed by atoms with van der Waals surface area (Å²) in [6.45, 7) is 2.47. The summed E-state index contributed by atoms with van der Waals surface area (Å²) in [6.07, 6.45) is 3.12. The quantitative estimate of drug-likeness (QED) is 0.568. The summed E-state index contributed by atoms with van der Waals surface area (Å²) >= 11 is 1.72. The molecule has 2 N–H and O–H groups in total. The van der Waals surface area contributed by atoms with Crippen LogP contribution in [0.3, 0.4) is 0 Å². The van der Waals surface area contributed by atoms with E-state index in [1.807, 2.05) is 25.1 Å². The first kappa shape index (κ1) is 19.0. The van der Waals surface area contributed by atoms with E-state index in [4.69, 9.17) is 0 Å². The Kier molecular flexibility index (Phi) is 6.54. The van der Waals surface area contributed by atoms with Crippen molar-refractivity contribution in [2.24, 2.45) is 0 Å². The van der Waals surface area contributed by atoms with E-state index >= 15 is 0 Å². The first-order valence-corrected chi connectivity index (χ1v) is 10.00. The summed E-state index contributed by atoms with van der Waals surface area (Å²) in [6, 6.07) is 15.1. The maximum atomic E-state index is 12.1. The predicted molar refractivity (Wildman–Crippen MR) is 110 cm³/mol. The maximum Gasteiger partial charge on any atom is 0.251 e. The van der Waals surface area contributed by atoms with Crippen LogP contribution in [0.25, 0.3) is 10.2 Å². The van der Waals surface area contributed by atoms with Gasteiger partial charge in [0.25, 0.3) is 5.91 Å². The molecule has 0 fully saturated rings. The zero-order valence-corrected chi connectivity index (χ0v) is 16.1. The van der Waals surface area contributed by atoms with E-state index < -0.39 is 0 Å². The molecule has 5 nitrogen and oxygen atoms in total. The molecule has 0 aliphatic rings. The van der Waals surface area contributed by atoms with Crippen molar-refractivity contribution in [2.75, 3.05) is 11.9 Å². The molecule has 3 rings (SSSR count). The van der Waals surface area contributed by atoms with Crippen LogP contribution in [0.4, 0.5) is 5.69 Å². The van der Waals surface area contributed by atoms with Crippen molar-refractivity contribution in [3.05, 3.63) is 59.1 Å². The number of fused-ring (bicyclic) bond motifs is 1. The second-order valence-electron chi connectivity index (χ2n) is 6.27. The topological polar surface area (TPSA) is 71.1 Å². The lowest BCUT2D eigenvalue weighted by atomic mass is 10.1. The van der Waals surface area contributed by atoms with Gasteiger partial charge in [0, 0.05) is 24.2 Å². The van der Waals surface area contributed by atoms with Crippen LogP contribution in [0.2, 0.25) is 0 Å². The van der Waals surface area contributed by atoms with Gasteiger partial charge < -0.3 is 10.6 Å². The van der Waals surface area contributed by atoms with Crippen molar-refractivity contribution in [1.29, 1.82) is 0 Å². The highest BCUT2D eigenvalue weighted by atomic mass is 32.1. The number of carbonyl (C=O) groups excluding carboxylic acids is 2. The number of carbonyl (C=O) groups is 2. The Hall–Kier alpha value is -2.73. The lowest BCUT2D eigenvalue weighted by Gasteiger charge is -2.06. The monoisotopic (exact) mass is 381 g/mol. The molecular formula is C21H23N3O2S. The fourth-order valence-corrected chi connectivity index (χ4v) is 3.79. The highest BCUT2D eigenvalue weighted by Crippen LogP contribution is 2.23. The second kappa shape index (κ2) is 9.28. The third-order valence-corrected chi connectivity index (χ3v) is 5.25. The second-order valence-corrected chi connectivity index (χ2v) is 7.38. The molecule has 3 aromatic rings. The largest absolute Gasteiger partial charge is 0.352 e. The van der Waals surface area contributed by atoms with E-state index in [0.29, 0.717) is 24.2 Å². The van der Waals surface area contributed by atoms with Crippen molar-refractivity contribution < 1.29 is 9.59 Å². The van der Waals surface area contributed by atoms with Gasteiger partial charge in [-0.1, -0.05) is 12.1 Å². The molecule has 2 amide bonds. The molecule has 6 heteroatoms. The van der Waals surface area contributed by atoms with Crippen LogP contribution >= 0.6 is 11.3 Å². The van der Waals surface area contributed by atoms with Crippen LogP contribution in [0, 0.1) is 0 Å². The fourth-order valence-electron chi connectivity index (χ4n) is 2.78. The summed E-state index contributed by atoms with van der Waals surface area (Å²) in [5, 5.41) is 6.75. The number of nitrogens with zero attached hydrogens (tertiary/aromatic N) is 1. The van der Waals surface area contributed by atoms with E-state index in [1.165, 1.54) is 4.70 Å². The number of nitrogens with one attached hydrogen (secondary N) is 2. The number of para-hydroxylation sites is 1. The van der Waals surface area contributed by atoms with Crippen LogP contribution in [-0.4, -0.2) is 23.3 Å². The molecule has 0 unspecified atom stereocenters. The Labute approximate surface area is 162 Å². The molecule has 0 aliphatic heterocycles. The van der Waals surface area contributed by atoms with E-state index in [-0.39, 0.29) is 11.8 Å². The third kappa shape index (κ3) is 5.37. The molecule has 0 saturated heterocycles. The molecular weight excluding hydrogens is 358 g/mol. The Bertz CT molecular complexity index is 886. The van der Waals surface area contributed by atoms with E-state index in [0.717, 1.165) is 29.8 Å². The van der Waals surface area contributed by atoms with Crippen molar-refractivity contribution in [3.8, 4) is 0 Å². The Morgan fingerprint density at radius 1 is 1.04 bits per heavy atom. The summed E-state index contributed by atoms with van der Waals surface area (Å²) < 4.78 is 1.21. The van der Waals surface area contributed by atoms with Crippen LogP contribution in [0.5, 0.6) is 0 Å². The zero-order valence-electron chi connectivity index (χ0n) is 15.3. The van der Waals surface area contributed by atoms with Gasteiger partial charge >= 0.3 is 0 Å². The summed E-state index contributed by atoms with van der Waals surface area (Å²) in [4.78, 5) is 28.4. The van der Waals surface area contributed by atoms with Crippen LogP contribution in [-0.2, 0) is 11.2 Å². The maximum absolute atomic E-state index is 12.1. The number of aryl methyl sites for hydroxylation is 1. The number of hydrogen-bond donors (Lipinski definition) is 2. The van der Waals surface area contributed by atoms with Gasteiger partial charge in [-0.05, 0) is 62.6 Å². The van der Waals surface area contributed by atoms with Crippen LogP contribution in [0.15, 0.2) is 48.5 Å². The normalized spacial score (nSPS) is 10.7. The molecule has 0 radical (unpaired) electrons. The van der Waals surface area contributed by atoms with Gasteiger partial charge in [0.05, 0.1) is 15.2 Å². The van der Waals surface area contributed by atoms with Gasteiger partial charge in [-0.15, -0.1) is 11.3 Å². The average molecular weight is 382 g/mol. The molecule has 0 bridgehead atoms. The smallest absolute Gasteiger partial charge is 0.251 e.